The van der Waals surface area contributed by atoms with Crippen LogP contribution in [0.4, 0.5) is 0 Å². The lowest BCUT2D eigenvalue weighted by Gasteiger charge is -2.34. The minimum atomic E-state index is -1.13. The van der Waals surface area contributed by atoms with Gasteiger partial charge >= 0.3 is 11.9 Å². The van der Waals surface area contributed by atoms with Gasteiger partial charge < -0.3 is 28.6 Å². The summed E-state index contributed by atoms with van der Waals surface area (Å²) in [6.07, 6.45) is 60.5. The molecule has 0 aromatic rings. The van der Waals surface area contributed by atoms with Crippen LogP contribution in [0.5, 0.6) is 0 Å². The monoisotopic (exact) mass is 894 g/mol. The number of unbranched alkanes of at least 4 members (excludes halogenated alkanes) is 22. The van der Waals surface area contributed by atoms with E-state index in [9.17, 15) is 19.5 Å². The molecular formula is C56H95NO7. The molecule has 0 aliphatic heterocycles. The molecule has 366 valence electrons. The summed E-state index contributed by atoms with van der Waals surface area (Å²) >= 11 is 0. The summed E-state index contributed by atoms with van der Waals surface area (Å²) in [4.78, 5) is 37.0. The molecule has 0 spiro atoms. The first kappa shape index (κ1) is 60.5. The number of hydrogen-bond acceptors (Lipinski definition) is 7. The fourth-order valence-corrected chi connectivity index (χ4v) is 7.22. The van der Waals surface area contributed by atoms with Crippen molar-refractivity contribution in [2.24, 2.45) is 0 Å². The molecule has 0 aromatic carbocycles. The number of carbonyl (C=O) groups excluding carboxylic acids is 3. The van der Waals surface area contributed by atoms with E-state index in [2.05, 4.69) is 38.2 Å². The number of likely N-dealkylation sites (N-methyl/N-ethyl adjacent to an activating group) is 1. The Kier molecular flexibility index (Phi) is 43.5. The summed E-state index contributed by atoms with van der Waals surface area (Å²) in [6.45, 7) is 4.47. The normalized spacial score (nSPS) is 13.6. The molecule has 0 amide bonds. The first-order chi connectivity index (χ1) is 31.1. The Labute approximate surface area is 393 Å². The number of carboxylic acid groups (broad SMARTS) is 1. The SMILES string of the molecule is CC/C=C/C=C/C=C/C=C/C=C/C=C/CCCCCC(=O)OCC(COCCC(C(=O)[O-])[N+](C)(C)C)OC(=O)CCCCCCCCC/C=C/CCCCCCCCCCCCCC. The molecule has 2 unspecified atom stereocenters. The van der Waals surface area contributed by atoms with Crippen LogP contribution in [0.3, 0.4) is 0 Å². The first-order valence-electron chi connectivity index (χ1n) is 25.7. The first-order valence-corrected chi connectivity index (χ1v) is 25.7. The summed E-state index contributed by atoms with van der Waals surface area (Å²) in [6, 6.07) is -0.739. The topological polar surface area (TPSA) is 102 Å². The van der Waals surface area contributed by atoms with Gasteiger partial charge in [0.25, 0.3) is 0 Å². The molecule has 0 saturated carbocycles. The molecule has 0 N–H and O–H groups in total. The maximum atomic E-state index is 12.8. The molecule has 2 atom stereocenters. The van der Waals surface area contributed by atoms with E-state index >= 15 is 0 Å². The van der Waals surface area contributed by atoms with Crippen molar-refractivity contribution in [3.8, 4) is 0 Å². The van der Waals surface area contributed by atoms with E-state index < -0.39 is 18.1 Å². The van der Waals surface area contributed by atoms with Gasteiger partial charge in [-0.15, -0.1) is 0 Å². The van der Waals surface area contributed by atoms with E-state index in [1.165, 1.54) is 116 Å². The maximum Gasteiger partial charge on any atom is 0.306 e. The van der Waals surface area contributed by atoms with Gasteiger partial charge in [-0.1, -0.05) is 208 Å². The van der Waals surface area contributed by atoms with Crippen molar-refractivity contribution in [1.82, 2.24) is 0 Å². The third-order valence-corrected chi connectivity index (χ3v) is 11.2. The number of hydrogen-bond donors (Lipinski definition) is 0. The van der Waals surface area contributed by atoms with E-state index in [0.717, 1.165) is 44.9 Å². The summed E-state index contributed by atoms with van der Waals surface area (Å²) in [5.41, 5.74) is 0. The highest BCUT2D eigenvalue weighted by Crippen LogP contribution is 2.15. The number of allylic oxidation sites excluding steroid dienone is 14. The van der Waals surface area contributed by atoms with Gasteiger partial charge in [-0.05, 0) is 57.8 Å². The van der Waals surface area contributed by atoms with Crippen molar-refractivity contribution in [2.75, 3.05) is 41.0 Å². The lowest BCUT2D eigenvalue weighted by Crippen LogP contribution is -2.55. The number of carbonyl (C=O) groups is 3. The molecule has 0 heterocycles. The molecule has 0 aliphatic rings. The molecule has 0 rings (SSSR count). The average Bonchev–Trinajstić information content (AvgIpc) is 3.26. The second-order valence-electron chi connectivity index (χ2n) is 18.2. The highest BCUT2D eigenvalue weighted by molar-refractivity contribution is 5.70. The highest BCUT2D eigenvalue weighted by Gasteiger charge is 2.25. The van der Waals surface area contributed by atoms with Crippen LogP contribution in [0.2, 0.25) is 0 Å². The zero-order chi connectivity index (χ0) is 47.0. The predicted octanol–water partition coefficient (Wildman–Crippen LogP) is 13.5. The van der Waals surface area contributed by atoms with E-state index in [-0.39, 0.29) is 42.7 Å². The van der Waals surface area contributed by atoms with E-state index in [1.807, 2.05) is 60.8 Å². The summed E-state index contributed by atoms with van der Waals surface area (Å²) in [5.74, 6) is -1.80. The van der Waals surface area contributed by atoms with Crippen molar-refractivity contribution in [1.29, 1.82) is 0 Å². The lowest BCUT2D eigenvalue weighted by molar-refractivity contribution is -0.889. The number of ether oxygens (including phenoxy) is 3. The Morgan fingerprint density at radius 1 is 0.484 bits per heavy atom. The molecule has 0 aromatic heterocycles. The van der Waals surface area contributed by atoms with Crippen LogP contribution in [0.25, 0.3) is 0 Å². The minimum absolute atomic E-state index is 0.0199. The number of carboxylic acids is 1. The number of rotatable bonds is 45. The third-order valence-electron chi connectivity index (χ3n) is 11.2. The van der Waals surface area contributed by atoms with Gasteiger partial charge in [0.2, 0.25) is 0 Å². The Balaban J connectivity index is 4.31. The molecule has 0 aliphatic carbocycles. The van der Waals surface area contributed by atoms with Crippen molar-refractivity contribution >= 4 is 17.9 Å². The Morgan fingerprint density at radius 3 is 1.36 bits per heavy atom. The summed E-state index contributed by atoms with van der Waals surface area (Å²) < 4.78 is 17.2. The van der Waals surface area contributed by atoms with Crippen LogP contribution in [0.15, 0.2) is 85.1 Å². The number of aliphatic carboxylic acids is 1. The number of nitrogens with zero attached hydrogens (tertiary/aromatic N) is 1. The van der Waals surface area contributed by atoms with E-state index in [4.69, 9.17) is 14.2 Å². The summed E-state index contributed by atoms with van der Waals surface area (Å²) in [7, 11) is 5.39. The number of esters is 2. The zero-order valence-electron chi connectivity index (χ0n) is 41.7. The van der Waals surface area contributed by atoms with Crippen molar-refractivity contribution in [3.05, 3.63) is 85.1 Å². The van der Waals surface area contributed by atoms with Gasteiger partial charge in [-0.2, -0.15) is 0 Å². The smallest absolute Gasteiger partial charge is 0.306 e. The Bertz CT molecular complexity index is 1320. The van der Waals surface area contributed by atoms with Crippen LogP contribution in [-0.2, 0) is 28.6 Å². The molecule has 64 heavy (non-hydrogen) atoms. The van der Waals surface area contributed by atoms with Gasteiger partial charge in [0.05, 0.1) is 40.3 Å². The molecule has 0 radical (unpaired) electrons. The van der Waals surface area contributed by atoms with Crippen LogP contribution in [0.1, 0.15) is 200 Å². The third kappa shape index (κ3) is 43.7. The highest BCUT2D eigenvalue weighted by atomic mass is 16.6. The van der Waals surface area contributed by atoms with Gasteiger partial charge in [0, 0.05) is 19.3 Å². The zero-order valence-corrected chi connectivity index (χ0v) is 41.7. The quantitative estimate of drug-likeness (QED) is 0.0197. The van der Waals surface area contributed by atoms with Crippen LogP contribution in [0, 0.1) is 0 Å². The number of quaternary nitrogens is 1. The van der Waals surface area contributed by atoms with E-state index in [1.54, 1.807) is 21.1 Å². The molecular weight excluding hydrogens is 799 g/mol. The molecule has 8 heteroatoms. The molecule has 0 bridgehead atoms. The lowest BCUT2D eigenvalue weighted by atomic mass is 10.0. The van der Waals surface area contributed by atoms with Gasteiger partial charge in [0.15, 0.2) is 6.10 Å². The van der Waals surface area contributed by atoms with E-state index in [0.29, 0.717) is 19.3 Å². The largest absolute Gasteiger partial charge is 0.544 e. The average molecular weight is 894 g/mol. The molecule has 8 nitrogen and oxygen atoms in total. The van der Waals surface area contributed by atoms with Gasteiger partial charge in [0.1, 0.15) is 12.6 Å². The van der Waals surface area contributed by atoms with Crippen molar-refractivity contribution in [2.45, 2.75) is 212 Å². The van der Waals surface area contributed by atoms with Crippen molar-refractivity contribution in [3.63, 3.8) is 0 Å². The maximum absolute atomic E-state index is 12.8. The molecule has 0 fully saturated rings. The Hall–Kier alpha value is -3.49. The fourth-order valence-electron chi connectivity index (χ4n) is 7.22. The Morgan fingerprint density at radius 2 is 0.891 bits per heavy atom. The van der Waals surface area contributed by atoms with Gasteiger partial charge in [-0.25, -0.2) is 0 Å². The minimum Gasteiger partial charge on any atom is -0.544 e. The van der Waals surface area contributed by atoms with Crippen molar-refractivity contribution < 1.29 is 38.2 Å². The standard InChI is InChI=1S/C56H95NO7/c1-6-8-10-12-14-16-18-20-22-24-25-26-27-28-29-31-33-35-37-39-41-43-45-47-55(59)64-52(50-62-49-48-53(56(60)61)57(3,4)5)51-63-54(58)46-44-42-40-38-36-34-32-30-23-21-19-17-15-13-11-9-7-2/h9,11,13,15,17,19,21,23,28-30,32,34,36,52-53H,6-8,10,12,14,16,18,20,22,24-27,31,33,35,37-51H2,1-5H3/b11-9+,15-13+,19-17+,23-21+,29-28+,32-30+,36-34+. The van der Waals surface area contributed by atoms with Crippen LogP contribution in [-0.4, -0.2) is 75.5 Å². The predicted molar refractivity (Wildman–Crippen MR) is 268 cm³/mol. The second kappa shape index (κ2) is 46.1. The molecule has 0 saturated heterocycles. The fraction of sp³-hybridized carbons (Fsp3) is 0.696. The van der Waals surface area contributed by atoms with Crippen LogP contribution < -0.4 is 5.11 Å². The van der Waals surface area contributed by atoms with Crippen LogP contribution >= 0.6 is 0 Å². The summed E-state index contributed by atoms with van der Waals surface area (Å²) in [5, 5.41) is 11.7. The van der Waals surface area contributed by atoms with Gasteiger partial charge in [-0.3, -0.25) is 9.59 Å². The second-order valence-corrected chi connectivity index (χ2v) is 18.2.